The number of alkyl halides is 1. The molecule has 0 fully saturated rings. The molecule has 86 valence electrons. The lowest BCUT2D eigenvalue weighted by Gasteiger charge is -2.05. The average Bonchev–Trinajstić information content (AvgIpc) is 2.27. The second-order valence-electron chi connectivity index (χ2n) is 3.45. The lowest BCUT2D eigenvalue weighted by atomic mass is 10.0. The number of carbonyl (C=O) groups is 2. The average molecular weight is 287 g/mol. The van der Waals surface area contributed by atoms with Crippen molar-refractivity contribution in [2.45, 2.75) is 25.9 Å². The van der Waals surface area contributed by atoms with Gasteiger partial charge in [-0.3, -0.25) is 9.59 Å². The summed E-state index contributed by atoms with van der Waals surface area (Å²) in [5.41, 5.74) is 0.214. The molecule has 0 aromatic heterocycles. The van der Waals surface area contributed by atoms with E-state index in [0.29, 0.717) is 10.9 Å². The van der Waals surface area contributed by atoms with E-state index < -0.39 is 17.7 Å². The standard InChI is InChI=1S/C12H12BrFO2/c1-2-4-10(15)11(14)12(16)8-5-3-6-9(13)7-8/h3,5-7,11H,2,4H2,1H3. The highest BCUT2D eigenvalue weighted by Gasteiger charge is 2.25. The summed E-state index contributed by atoms with van der Waals surface area (Å²) in [6.07, 6.45) is -1.39. The molecule has 0 bridgehead atoms. The summed E-state index contributed by atoms with van der Waals surface area (Å²) in [4.78, 5) is 22.8. The summed E-state index contributed by atoms with van der Waals surface area (Å²) >= 11 is 3.19. The van der Waals surface area contributed by atoms with E-state index >= 15 is 0 Å². The molecule has 0 heterocycles. The monoisotopic (exact) mass is 286 g/mol. The summed E-state index contributed by atoms with van der Waals surface area (Å²) in [6, 6.07) is 6.37. The highest BCUT2D eigenvalue weighted by molar-refractivity contribution is 9.10. The SMILES string of the molecule is CCCC(=O)C(F)C(=O)c1cccc(Br)c1. The molecule has 0 radical (unpaired) electrons. The summed E-state index contributed by atoms with van der Waals surface area (Å²) in [6.45, 7) is 1.77. The van der Waals surface area contributed by atoms with Crippen molar-refractivity contribution < 1.29 is 14.0 Å². The van der Waals surface area contributed by atoms with Crippen LogP contribution in [-0.4, -0.2) is 17.7 Å². The van der Waals surface area contributed by atoms with E-state index in [0.717, 1.165) is 0 Å². The molecule has 1 aromatic rings. The summed E-state index contributed by atoms with van der Waals surface area (Å²) in [7, 11) is 0. The van der Waals surface area contributed by atoms with Gasteiger partial charge in [0.2, 0.25) is 12.0 Å². The van der Waals surface area contributed by atoms with E-state index in [-0.39, 0.29) is 12.0 Å². The fourth-order valence-corrected chi connectivity index (χ4v) is 1.71. The summed E-state index contributed by atoms with van der Waals surface area (Å²) in [5.74, 6) is -1.41. The van der Waals surface area contributed by atoms with E-state index in [1.54, 1.807) is 19.1 Å². The van der Waals surface area contributed by atoms with Crippen LogP contribution in [0, 0.1) is 0 Å². The van der Waals surface area contributed by atoms with Gasteiger partial charge in [-0.25, -0.2) is 4.39 Å². The van der Waals surface area contributed by atoms with Crippen molar-refractivity contribution >= 4 is 27.5 Å². The molecular formula is C12H12BrFO2. The Morgan fingerprint density at radius 1 is 1.44 bits per heavy atom. The van der Waals surface area contributed by atoms with Crippen molar-refractivity contribution in [3.63, 3.8) is 0 Å². The van der Waals surface area contributed by atoms with Crippen molar-refractivity contribution in [2.24, 2.45) is 0 Å². The Hall–Kier alpha value is -1.03. The van der Waals surface area contributed by atoms with Gasteiger partial charge in [-0.05, 0) is 18.6 Å². The lowest BCUT2D eigenvalue weighted by Crippen LogP contribution is -2.25. The zero-order valence-corrected chi connectivity index (χ0v) is 10.5. The molecule has 0 N–H and O–H groups in total. The molecule has 16 heavy (non-hydrogen) atoms. The van der Waals surface area contributed by atoms with Gasteiger partial charge in [-0.15, -0.1) is 0 Å². The minimum Gasteiger partial charge on any atom is -0.296 e. The molecule has 0 amide bonds. The van der Waals surface area contributed by atoms with E-state index in [9.17, 15) is 14.0 Å². The Labute approximate surface area is 102 Å². The maximum atomic E-state index is 13.5. The van der Waals surface area contributed by atoms with Gasteiger partial charge in [-0.2, -0.15) is 0 Å². The van der Waals surface area contributed by atoms with Crippen molar-refractivity contribution in [1.29, 1.82) is 0 Å². The number of carbonyl (C=O) groups excluding carboxylic acids is 2. The normalized spacial score (nSPS) is 12.2. The van der Waals surface area contributed by atoms with Crippen LogP contribution in [-0.2, 0) is 4.79 Å². The van der Waals surface area contributed by atoms with Crippen molar-refractivity contribution in [3.8, 4) is 0 Å². The molecule has 0 saturated carbocycles. The molecule has 1 aromatic carbocycles. The van der Waals surface area contributed by atoms with Crippen molar-refractivity contribution in [3.05, 3.63) is 34.3 Å². The Bertz CT molecular complexity index is 404. The van der Waals surface area contributed by atoms with Gasteiger partial charge in [0.05, 0.1) is 0 Å². The predicted octanol–water partition coefficient (Wildman–Crippen LogP) is 3.34. The molecule has 4 heteroatoms. The second-order valence-corrected chi connectivity index (χ2v) is 4.37. The van der Waals surface area contributed by atoms with Gasteiger partial charge in [0.15, 0.2) is 5.78 Å². The highest BCUT2D eigenvalue weighted by Crippen LogP contribution is 2.15. The Kier molecular flexibility index (Phi) is 4.80. The lowest BCUT2D eigenvalue weighted by molar-refractivity contribution is -0.122. The molecule has 0 spiro atoms. The van der Waals surface area contributed by atoms with Crippen LogP contribution in [0.1, 0.15) is 30.1 Å². The third-order valence-electron chi connectivity index (χ3n) is 2.12. The minimum atomic E-state index is -2.03. The number of rotatable bonds is 5. The molecule has 2 nitrogen and oxygen atoms in total. The first-order chi connectivity index (χ1) is 7.56. The maximum absolute atomic E-state index is 13.5. The zero-order chi connectivity index (χ0) is 12.1. The van der Waals surface area contributed by atoms with E-state index in [1.165, 1.54) is 12.1 Å². The Morgan fingerprint density at radius 2 is 2.12 bits per heavy atom. The van der Waals surface area contributed by atoms with Gasteiger partial charge in [0.25, 0.3) is 0 Å². The van der Waals surface area contributed by atoms with Crippen LogP contribution in [0.5, 0.6) is 0 Å². The van der Waals surface area contributed by atoms with Gasteiger partial charge in [0, 0.05) is 16.5 Å². The van der Waals surface area contributed by atoms with Crippen LogP contribution in [0.25, 0.3) is 0 Å². The maximum Gasteiger partial charge on any atom is 0.220 e. The van der Waals surface area contributed by atoms with Crippen LogP contribution in [0.4, 0.5) is 4.39 Å². The molecule has 0 saturated heterocycles. The van der Waals surface area contributed by atoms with Crippen molar-refractivity contribution in [2.75, 3.05) is 0 Å². The molecule has 0 aliphatic rings. The minimum absolute atomic E-state index is 0.0981. The fraction of sp³-hybridized carbons (Fsp3) is 0.333. The van der Waals surface area contributed by atoms with Gasteiger partial charge in [0.1, 0.15) is 0 Å². The van der Waals surface area contributed by atoms with Crippen LogP contribution in [0.15, 0.2) is 28.7 Å². The smallest absolute Gasteiger partial charge is 0.220 e. The molecule has 1 unspecified atom stereocenters. The molecular weight excluding hydrogens is 275 g/mol. The van der Waals surface area contributed by atoms with Gasteiger partial charge < -0.3 is 0 Å². The molecule has 0 aliphatic heterocycles. The Morgan fingerprint density at radius 3 is 2.69 bits per heavy atom. The van der Waals surface area contributed by atoms with Crippen LogP contribution >= 0.6 is 15.9 Å². The van der Waals surface area contributed by atoms with E-state index in [1.807, 2.05) is 0 Å². The second kappa shape index (κ2) is 5.89. The summed E-state index contributed by atoms with van der Waals surface area (Å²) < 4.78 is 14.2. The van der Waals surface area contributed by atoms with E-state index in [2.05, 4.69) is 15.9 Å². The molecule has 1 atom stereocenters. The highest BCUT2D eigenvalue weighted by atomic mass is 79.9. The number of hydrogen-bond acceptors (Lipinski definition) is 2. The number of benzene rings is 1. The number of hydrogen-bond donors (Lipinski definition) is 0. The van der Waals surface area contributed by atoms with Gasteiger partial charge in [-0.1, -0.05) is 35.0 Å². The molecule has 1 rings (SSSR count). The zero-order valence-electron chi connectivity index (χ0n) is 8.87. The Balaban J connectivity index is 2.82. The first-order valence-corrected chi connectivity index (χ1v) is 5.82. The van der Waals surface area contributed by atoms with Crippen LogP contribution < -0.4 is 0 Å². The first-order valence-electron chi connectivity index (χ1n) is 5.02. The first kappa shape index (κ1) is 13.0. The van der Waals surface area contributed by atoms with Gasteiger partial charge >= 0.3 is 0 Å². The third-order valence-corrected chi connectivity index (χ3v) is 2.61. The van der Waals surface area contributed by atoms with Crippen LogP contribution in [0.3, 0.4) is 0 Å². The number of halogens is 2. The van der Waals surface area contributed by atoms with Crippen LogP contribution in [0.2, 0.25) is 0 Å². The van der Waals surface area contributed by atoms with E-state index in [4.69, 9.17) is 0 Å². The molecule has 0 aliphatic carbocycles. The fourth-order valence-electron chi connectivity index (χ4n) is 1.31. The topological polar surface area (TPSA) is 34.1 Å². The quantitative estimate of drug-likeness (QED) is 0.615. The summed E-state index contributed by atoms with van der Waals surface area (Å²) in [5, 5.41) is 0. The van der Waals surface area contributed by atoms with Crippen molar-refractivity contribution in [1.82, 2.24) is 0 Å². The number of ketones is 2. The largest absolute Gasteiger partial charge is 0.296 e. The third kappa shape index (κ3) is 3.23. The number of Topliss-reactive ketones (excluding diaryl/α,β-unsaturated/α-hetero) is 2. The predicted molar refractivity (Wildman–Crippen MR) is 63.3 cm³/mol.